The maximum atomic E-state index is 13.6. The van der Waals surface area contributed by atoms with Crippen molar-refractivity contribution in [3.05, 3.63) is 70.5 Å². The molecule has 4 rings (SSSR count). The summed E-state index contributed by atoms with van der Waals surface area (Å²) in [4.78, 5) is 13.9. The van der Waals surface area contributed by atoms with Crippen molar-refractivity contribution < 1.29 is 14.3 Å². The Labute approximate surface area is 147 Å². The Morgan fingerprint density at radius 3 is 2.56 bits per heavy atom. The highest BCUT2D eigenvalue weighted by Crippen LogP contribution is 2.40. The number of hydrogen-bond acceptors (Lipinski definition) is 2. The Bertz CT molecular complexity index is 796. The smallest absolute Gasteiger partial charge is 0.335 e. The number of benzene rings is 2. The van der Waals surface area contributed by atoms with E-state index < -0.39 is 5.97 Å². The molecule has 25 heavy (non-hydrogen) atoms. The SMILES string of the molecule is O=C(O)c1ccccc1C1CCN(C2CCc3ccc(F)cc32)CC1. The topological polar surface area (TPSA) is 40.5 Å². The molecule has 2 aliphatic rings. The first-order valence-corrected chi connectivity index (χ1v) is 8.98. The maximum absolute atomic E-state index is 13.6. The quantitative estimate of drug-likeness (QED) is 0.901. The van der Waals surface area contributed by atoms with E-state index in [1.165, 1.54) is 5.56 Å². The van der Waals surface area contributed by atoms with Crippen LogP contribution >= 0.6 is 0 Å². The molecule has 0 saturated carbocycles. The van der Waals surface area contributed by atoms with E-state index in [4.69, 9.17) is 0 Å². The first-order chi connectivity index (χ1) is 12.1. The van der Waals surface area contributed by atoms with E-state index in [9.17, 15) is 14.3 Å². The maximum Gasteiger partial charge on any atom is 0.335 e. The summed E-state index contributed by atoms with van der Waals surface area (Å²) in [5.41, 5.74) is 3.79. The number of fused-ring (bicyclic) bond motifs is 1. The predicted molar refractivity (Wildman–Crippen MR) is 94.4 cm³/mol. The van der Waals surface area contributed by atoms with Gasteiger partial charge in [0.1, 0.15) is 5.82 Å². The lowest BCUT2D eigenvalue weighted by Gasteiger charge is -2.37. The second kappa shape index (κ2) is 6.60. The van der Waals surface area contributed by atoms with E-state index in [0.717, 1.165) is 49.9 Å². The monoisotopic (exact) mass is 339 g/mol. The number of hydrogen-bond donors (Lipinski definition) is 1. The van der Waals surface area contributed by atoms with Gasteiger partial charge < -0.3 is 5.11 Å². The van der Waals surface area contributed by atoms with Crippen LogP contribution in [0.1, 0.15) is 58.3 Å². The van der Waals surface area contributed by atoms with Gasteiger partial charge in [0.25, 0.3) is 0 Å². The van der Waals surface area contributed by atoms with Crippen molar-refractivity contribution in [2.45, 2.75) is 37.6 Å². The Morgan fingerprint density at radius 2 is 1.80 bits per heavy atom. The molecule has 1 atom stereocenters. The Morgan fingerprint density at radius 1 is 1.04 bits per heavy atom. The minimum absolute atomic E-state index is 0.157. The third-order valence-electron chi connectivity index (χ3n) is 5.76. The molecule has 0 aromatic heterocycles. The number of likely N-dealkylation sites (tertiary alicyclic amines) is 1. The Balaban J connectivity index is 1.49. The average molecular weight is 339 g/mol. The Kier molecular flexibility index (Phi) is 4.30. The van der Waals surface area contributed by atoms with Gasteiger partial charge in [-0.1, -0.05) is 24.3 Å². The van der Waals surface area contributed by atoms with Crippen LogP contribution in [0.4, 0.5) is 4.39 Å². The molecule has 1 heterocycles. The minimum atomic E-state index is -0.849. The third kappa shape index (κ3) is 3.07. The zero-order valence-electron chi connectivity index (χ0n) is 14.1. The van der Waals surface area contributed by atoms with E-state index in [0.29, 0.717) is 11.6 Å². The van der Waals surface area contributed by atoms with E-state index in [1.807, 2.05) is 18.2 Å². The molecule has 3 nitrogen and oxygen atoms in total. The van der Waals surface area contributed by atoms with Gasteiger partial charge in [-0.15, -0.1) is 0 Å². The zero-order valence-corrected chi connectivity index (χ0v) is 14.1. The van der Waals surface area contributed by atoms with E-state index in [1.54, 1.807) is 24.3 Å². The van der Waals surface area contributed by atoms with Gasteiger partial charge in [0.2, 0.25) is 0 Å². The van der Waals surface area contributed by atoms with Crippen molar-refractivity contribution >= 4 is 5.97 Å². The molecule has 1 saturated heterocycles. The second-order valence-electron chi connectivity index (χ2n) is 7.10. The molecule has 130 valence electrons. The van der Waals surface area contributed by atoms with Crippen LogP contribution in [0.2, 0.25) is 0 Å². The number of carboxylic acid groups (broad SMARTS) is 1. The van der Waals surface area contributed by atoms with Crippen LogP contribution in [0.15, 0.2) is 42.5 Å². The summed E-state index contributed by atoms with van der Waals surface area (Å²) in [6.45, 7) is 1.86. The van der Waals surface area contributed by atoms with Gasteiger partial charge in [0.05, 0.1) is 5.56 Å². The van der Waals surface area contributed by atoms with Crippen molar-refractivity contribution in [1.82, 2.24) is 4.90 Å². The van der Waals surface area contributed by atoms with E-state index in [2.05, 4.69) is 4.90 Å². The molecule has 1 aliphatic heterocycles. The summed E-state index contributed by atoms with van der Waals surface area (Å²) >= 11 is 0. The summed E-state index contributed by atoms with van der Waals surface area (Å²) < 4.78 is 13.6. The predicted octanol–water partition coefficient (Wildman–Crippen LogP) is 4.39. The fraction of sp³-hybridized carbons (Fsp3) is 0.381. The van der Waals surface area contributed by atoms with Gasteiger partial charge in [-0.05, 0) is 79.6 Å². The number of rotatable bonds is 3. The van der Waals surface area contributed by atoms with Gasteiger partial charge in [-0.3, -0.25) is 4.90 Å². The first-order valence-electron chi connectivity index (χ1n) is 8.98. The average Bonchev–Trinajstić information content (AvgIpc) is 3.05. The summed E-state index contributed by atoms with van der Waals surface area (Å²) in [5.74, 6) is -0.717. The lowest BCUT2D eigenvalue weighted by molar-refractivity contribution is 0.0693. The van der Waals surface area contributed by atoms with Crippen LogP contribution in [0.5, 0.6) is 0 Å². The lowest BCUT2D eigenvalue weighted by atomic mass is 9.85. The van der Waals surface area contributed by atoms with Crippen LogP contribution in [-0.2, 0) is 6.42 Å². The molecule has 0 amide bonds. The summed E-state index contributed by atoms with van der Waals surface area (Å²) in [6.07, 6.45) is 3.97. The molecule has 0 bridgehead atoms. The van der Waals surface area contributed by atoms with E-state index in [-0.39, 0.29) is 11.7 Å². The number of aryl methyl sites for hydroxylation is 1. The normalized spacial score (nSPS) is 21.2. The van der Waals surface area contributed by atoms with Crippen molar-refractivity contribution in [2.75, 3.05) is 13.1 Å². The summed E-state index contributed by atoms with van der Waals surface area (Å²) in [5, 5.41) is 9.41. The summed E-state index contributed by atoms with van der Waals surface area (Å²) in [7, 11) is 0. The molecule has 0 radical (unpaired) electrons. The van der Waals surface area contributed by atoms with Gasteiger partial charge in [-0.25, -0.2) is 9.18 Å². The fourth-order valence-electron chi connectivity index (χ4n) is 4.50. The van der Waals surface area contributed by atoms with Crippen LogP contribution in [0, 0.1) is 5.82 Å². The van der Waals surface area contributed by atoms with Crippen LogP contribution in [0.3, 0.4) is 0 Å². The van der Waals surface area contributed by atoms with Crippen LogP contribution in [-0.4, -0.2) is 29.1 Å². The molecular weight excluding hydrogens is 317 g/mol. The molecule has 2 aromatic rings. The summed E-state index contributed by atoms with van der Waals surface area (Å²) in [6, 6.07) is 12.8. The molecule has 1 unspecified atom stereocenters. The molecule has 1 fully saturated rings. The molecular formula is C21H22FNO2. The number of halogens is 1. The number of aromatic carboxylic acids is 1. The molecule has 1 aliphatic carbocycles. The molecule has 2 aromatic carbocycles. The van der Waals surface area contributed by atoms with Crippen molar-refractivity contribution in [3.8, 4) is 0 Å². The van der Waals surface area contributed by atoms with E-state index >= 15 is 0 Å². The van der Waals surface area contributed by atoms with Gasteiger partial charge in [0, 0.05) is 6.04 Å². The highest BCUT2D eigenvalue weighted by Gasteiger charge is 2.32. The first kappa shape index (κ1) is 16.3. The minimum Gasteiger partial charge on any atom is -0.478 e. The van der Waals surface area contributed by atoms with Gasteiger partial charge in [-0.2, -0.15) is 0 Å². The molecule has 4 heteroatoms. The third-order valence-corrected chi connectivity index (χ3v) is 5.76. The lowest BCUT2D eigenvalue weighted by Crippen LogP contribution is -2.35. The largest absolute Gasteiger partial charge is 0.478 e. The highest BCUT2D eigenvalue weighted by molar-refractivity contribution is 5.89. The molecule has 0 spiro atoms. The molecule has 1 N–H and O–H groups in total. The zero-order chi connectivity index (χ0) is 17.4. The van der Waals surface area contributed by atoms with Gasteiger partial charge >= 0.3 is 5.97 Å². The fourth-order valence-corrected chi connectivity index (χ4v) is 4.50. The highest BCUT2D eigenvalue weighted by atomic mass is 19.1. The van der Waals surface area contributed by atoms with Gasteiger partial charge in [0.15, 0.2) is 0 Å². The standard InChI is InChI=1S/C21H22FNO2/c22-16-7-5-14-6-8-20(19(14)13-16)23-11-9-15(10-12-23)17-3-1-2-4-18(17)21(24)25/h1-5,7,13,15,20H,6,8-12H2,(H,24,25). The van der Waals surface area contributed by atoms with Crippen molar-refractivity contribution in [2.24, 2.45) is 0 Å². The van der Waals surface area contributed by atoms with Crippen LogP contribution < -0.4 is 0 Å². The number of piperidine rings is 1. The second-order valence-corrected chi connectivity index (χ2v) is 7.10. The number of carboxylic acids is 1. The number of carbonyl (C=O) groups is 1. The van der Waals surface area contributed by atoms with Crippen molar-refractivity contribution in [1.29, 1.82) is 0 Å². The number of nitrogens with zero attached hydrogens (tertiary/aromatic N) is 1. The van der Waals surface area contributed by atoms with Crippen LogP contribution in [0.25, 0.3) is 0 Å². The Hall–Kier alpha value is -2.20. The van der Waals surface area contributed by atoms with Crippen molar-refractivity contribution in [3.63, 3.8) is 0 Å².